The number of nitrogens with zero attached hydrogens (tertiary/aromatic N) is 1. The first kappa shape index (κ1) is 19.8. The van der Waals surface area contributed by atoms with Crippen molar-refractivity contribution in [2.45, 2.75) is 0 Å². The number of aliphatic imine (C=N–C) groups is 1. The number of hydrogen-bond donors (Lipinski definition) is 1. The lowest BCUT2D eigenvalue weighted by molar-refractivity contribution is -0.113. The Morgan fingerprint density at radius 1 is 1.18 bits per heavy atom. The second-order valence-electron chi connectivity index (χ2n) is 5.52. The monoisotopic (exact) mass is 418 g/mol. The van der Waals surface area contributed by atoms with Gasteiger partial charge in [0.05, 0.1) is 29.7 Å². The number of rotatable bonds is 5. The summed E-state index contributed by atoms with van der Waals surface area (Å²) in [5, 5.41) is 0.330. The minimum Gasteiger partial charge on any atom is -0.497 e. The molecule has 0 aromatic heterocycles. The molecule has 9 heteroatoms. The fraction of sp³-hybridized carbons (Fsp3) is 0.105. The Kier molecular flexibility index (Phi) is 5.91. The van der Waals surface area contributed by atoms with Crippen LogP contribution in [0.25, 0.3) is 6.08 Å². The molecule has 2 aromatic rings. The molecule has 0 radical (unpaired) electrons. The average molecular weight is 419 g/mol. The molecule has 1 heterocycles. The van der Waals surface area contributed by atoms with E-state index in [0.717, 1.165) is 11.8 Å². The number of nitrogens with two attached hydrogens (primary N) is 1. The summed E-state index contributed by atoms with van der Waals surface area (Å²) in [6, 6.07) is 9.60. The van der Waals surface area contributed by atoms with Crippen molar-refractivity contribution in [2.24, 2.45) is 10.7 Å². The van der Waals surface area contributed by atoms with Gasteiger partial charge in [0.2, 0.25) is 0 Å². The molecule has 1 aliphatic rings. The van der Waals surface area contributed by atoms with E-state index in [9.17, 15) is 9.59 Å². The highest BCUT2D eigenvalue weighted by Gasteiger charge is 2.21. The van der Waals surface area contributed by atoms with Crippen molar-refractivity contribution >= 4 is 46.5 Å². The highest BCUT2D eigenvalue weighted by molar-refractivity contribution is 8.18. The molecule has 3 rings (SSSR count). The van der Waals surface area contributed by atoms with Crippen molar-refractivity contribution in [1.29, 1.82) is 0 Å². The van der Waals surface area contributed by atoms with Crippen molar-refractivity contribution in [3.63, 3.8) is 0 Å². The van der Waals surface area contributed by atoms with Crippen LogP contribution in [0.15, 0.2) is 46.3 Å². The number of methoxy groups -OCH3 is 2. The molecular formula is C19H15ClN2O5S. The smallest absolute Gasteiger partial charge is 0.343 e. The Balaban J connectivity index is 1.86. The molecule has 0 unspecified atom stereocenters. The number of amides is 1. The van der Waals surface area contributed by atoms with E-state index in [1.54, 1.807) is 42.5 Å². The first-order valence-corrected chi connectivity index (χ1v) is 9.12. The van der Waals surface area contributed by atoms with Gasteiger partial charge >= 0.3 is 5.97 Å². The van der Waals surface area contributed by atoms with Gasteiger partial charge in [-0.15, -0.1) is 0 Å². The number of esters is 1. The van der Waals surface area contributed by atoms with Gasteiger partial charge in [-0.2, -0.15) is 4.99 Å². The van der Waals surface area contributed by atoms with E-state index in [0.29, 0.717) is 21.8 Å². The van der Waals surface area contributed by atoms with E-state index in [1.807, 2.05) is 0 Å². The largest absolute Gasteiger partial charge is 0.497 e. The molecule has 1 aliphatic heterocycles. The van der Waals surface area contributed by atoms with Gasteiger partial charge in [-0.25, -0.2) is 4.79 Å². The van der Waals surface area contributed by atoms with Crippen LogP contribution in [0.5, 0.6) is 17.2 Å². The van der Waals surface area contributed by atoms with Gasteiger partial charge in [-0.05, 0) is 59.8 Å². The highest BCUT2D eigenvalue weighted by atomic mass is 35.5. The third-order valence-corrected chi connectivity index (χ3v) is 4.80. The quantitative estimate of drug-likeness (QED) is 0.450. The molecule has 0 spiro atoms. The summed E-state index contributed by atoms with van der Waals surface area (Å²) in [5.74, 6) is -0.0865. The Bertz CT molecular complexity index is 1000. The molecule has 0 saturated carbocycles. The van der Waals surface area contributed by atoms with E-state index in [-0.39, 0.29) is 21.7 Å². The number of thioether (sulfide) groups is 1. The summed E-state index contributed by atoms with van der Waals surface area (Å²) in [6.45, 7) is 0. The minimum absolute atomic E-state index is 0.0771. The molecule has 0 fully saturated rings. The summed E-state index contributed by atoms with van der Waals surface area (Å²) < 4.78 is 15.8. The van der Waals surface area contributed by atoms with Gasteiger partial charge in [0.25, 0.3) is 5.91 Å². The van der Waals surface area contributed by atoms with E-state index >= 15 is 0 Å². The third-order valence-electron chi connectivity index (χ3n) is 3.71. The van der Waals surface area contributed by atoms with Crippen LogP contribution in [0.2, 0.25) is 5.02 Å². The average Bonchev–Trinajstić information content (AvgIpc) is 3.00. The van der Waals surface area contributed by atoms with Crippen LogP contribution in [-0.2, 0) is 4.79 Å². The first-order valence-electron chi connectivity index (χ1n) is 7.93. The van der Waals surface area contributed by atoms with Crippen molar-refractivity contribution in [3.8, 4) is 17.2 Å². The van der Waals surface area contributed by atoms with Gasteiger partial charge in [-0.3, -0.25) is 4.79 Å². The fourth-order valence-electron chi connectivity index (χ4n) is 2.38. The van der Waals surface area contributed by atoms with E-state index in [4.69, 9.17) is 31.5 Å². The molecule has 0 atom stereocenters. The lowest BCUT2D eigenvalue weighted by atomic mass is 10.1. The van der Waals surface area contributed by atoms with E-state index in [2.05, 4.69) is 4.99 Å². The van der Waals surface area contributed by atoms with Crippen molar-refractivity contribution in [2.75, 3.05) is 14.2 Å². The molecule has 7 nitrogen and oxygen atoms in total. The first-order chi connectivity index (χ1) is 13.4. The molecule has 0 bridgehead atoms. The zero-order valence-corrected chi connectivity index (χ0v) is 16.5. The number of hydrogen-bond acceptors (Lipinski definition) is 7. The molecule has 2 aromatic carbocycles. The van der Waals surface area contributed by atoms with Crippen LogP contribution in [0.3, 0.4) is 0 Å². The number of amidine groups is 1. The van der Waals surface area contributed by atoms with Gasteiger partial charge < -0.3 is 19.9 Å². The van der Waals surface area contributed by atoms with Gasteiger partial charge in [0, 0.05) is 0 Å². The van der Waals surface area contributed by atoms with Gasteiger partial charge in [-0.1, -0.05) is 11.6 Å². The molecule has 2 N–H and O–H groups in total. The molecule has 0 aliphatic carbocycles. The summed E-state index contributed by atoms with van der Waals surface area (Å²) in [4.78, 5) is 28.2. The number of carbonyl (C=O) groups is 2. The van der Waals surface area contributed by atoms with Crippen LogP contribution < -0.4 is 19.9 Å². The molecular weight excluding hydrogens is 404 g/mol. The Labute approximate surface area is 170 Å². The standard InChI is InChI=1S/C19H15ClN2O5S/c1-25-12-5-3-11(4-6-12)18(24)27-16-13(20)7-10(8-14(16)26-2)9-15-17(23)22-19(21)28-15/h3-9H,1-2H3,(H2,21,22,23)/b15-9-. The van der Waals surface area contributed by atoms with Crippen molar-refractivity contribution in [1.82, 2.24) is 0 Å². The summed E-state index contributed by atoms with van der Waals surface area (Å²) >= 11 is 7.35. The summed E-state index contributed by atoms with van der Waals surface area (Å²) in [5.41, 5.74) is 6.44. The van der Waals surface area contributed by atoms with Crippen LogP contribution >= 0.6 is 23.4 Å². The summed E-state index contributed by atoms with van der Waals surface area (Å²) in [6.07, 6.45) is 1.58. The topological polar surface area (TPSA) is 100 Å². The second-order valence-corrected chi connectivity index (χ2v) is 6.99. The van der Waals surface area contributed by atoms with Crippen molar-refractivity contribution < 1.29 is 23.8 Å². The summed E-state index contributed by atoms with van der Waals surface area (Å²) in [7, 11) is 2.96. The van der Waals surface area contributed by atoms with Crippen LogP contribution in [0.1, 0.15) is 15.9 Å². The number of halogens is 1. The van der Waals surface area contributed by atoms with E-state index in [1.165, 1.54) is 14.2 Å². The predicted octanol–water partition coefficient (Wildman–Crippen LogP) is 3.51. The minimum atomic E-state index is -0.600. The maximum absolute atomic E-state index is 12.4. The molecule has 28 heavy (non-hydrogen) atoms. The van der Waals surface area contributed by atoms with Crippen molar-refractivity contribution in [3.05, 3.63) is 57.5 Å². The highest BCUT2D eigenvalue weighted by Crippen LogP contribution is 2.38. The van der Waals surface area contributed by atoms with Crippen LogP contribution in [0, 0.1) is 0 Å². The van der Waals surface area contributed by atoms with Gasteiger partial charge in [0.1, 0.15) is 5.75 Å². The zero-order chi connectivity index (χ0) is 20.3. The van der Waals surface area contributed by atoms with Crippen LogP contribution in [-0.4, -0.2) is 31.3 Å². The maximum Gasteiger partial charge on any atom is 0.343 e. The normalized spacial score (nSPS) is 14.8. The lowest BCUT2D eigenvalue weighted by Gasteiger charge is -2.12. The number of carbonyl (C=O) groups excluding carboxylic acids is 2. The van der Waals surface area contributed by atoms with Crippen LogP contribution in [0.4, 0.5) is 0 Å². The zero-order valence-electron chi connectivity index (χ0n) is 14.9. The second kappa shape index (κ2) is 8.37. The molecule has 1 amide bonds. The maximum atomic E-state index is 12.4. The molecule has 144 valence electrons. The Morgan fingerprint density at radius 3 is 2.46 bits per heavy atom. The number of benzene rings is 2. The SMILES string of the molecule is COc1ccc(C(=O)Oc2c(Cl)cc(/C=C3\SC(N)=NC3=O)cc2OC)cc1. The third kappa shape index (κ3) is 4.29. The Hall–Kier alpha value is -2.97. The fourth-order valence-corrected chi connectivity index (χ4v) is 3.32. The number of ether oxygens (including phenoxy) is 3. The lowest BCUT2D eigenvalue weighted by Crippen LogP contribution is -2.09. The molecule has 0 saturated heterocycles. The van der Waals surface area contributed by atoms with E-state index < -0.39 is 11.9 Å². The predicted molar refractivity (Wildman–Crippen MR) is 108 cm³/mol. The Morgan fingerprint density at radius 2 is 1.89 bits per heavy atom. The van der Waals surface area contributed by atoms with Gasteiger partial charge in [0.15, 0.2) is 16.7 Å².